The summed E-state index contributed by atoms with van der Waals surface area (Å²) in [4.78, 5) is 0. The van der Waals surface area contributed by atoms with Gasteiger partial charge in [0.2, 0.25) is 0 Å². The molecule has 0 unspecified atom stereocenters. The molecule has 0 aromatic carbocycles. The van der Waals surface area contributed by atoms with E-state index < -0.39 is 6.15 Å². The van der Waals surface area contributed by atoms with E-state index in [2.05, 4.69) is 26.7 Å². The first-order valence-electron chi connectivity index (χ1n) is 9.86. The molecule has 0 atom stereocenters. The number of rotatable bonds is 15. The zero-order valence-electron chi connectivity index (χ0n) is 15.1. The van der Waals surface area contributed by atoms with Gasteiger partial charge in [-0.05, 0) is 0 Å². The molecule has 0 aliphatic rings. The summed E-state index contributed by atoms with van der Waals surface area (Å²) in [6.45, 7) is 6.79. The van der Waals surface area contributed by atoms with Gasteiger partial charge in [-0.3, -0.25) is 0 Å². The lowest BCUT2D eigenvalue weighted by molar-refractivity contribution is 0.668. The van der Waals surface area contributed by atoms with Crippen LogP contribution in [0.1, 0.15) is 97.8 Å². The summed E-state index contributed by atoms with van der Waals surface area (Å²) >= 11 is 0. The van der Waals surface area contributed by atoms with Gasteiger partial charge in [0.05, 0.1) is 0 Å². The highest BCUT2D eigenvalue weighted by atomic mass is 14.2. The number of hydrogen-bond acceptors (Lipinski definition) is 1. The molecule has 0 saturated carbocycles. The SMILES string of the molecule is CCCCCC[B-](C#N)(CCCCCC)CCCCCC. The van der Waals surface area contributed by atoms with E-state index in [1.54, 1.807) is 0 Å². The third-order valence-corrected chi connectivity index (χ3v) is 5.10. The Morgan fingerprint density at radius 2 is 0.905 bits per heavy atom. The second-order valence-electron chi connectivity index (χ2n) is 7.16. The summed E-state index contributed by atoms with van der Waals surface area (Å²) < 4.78 is 0. The van der Waals surface area contributed by atoms with E-state index >= 15 is 0 Å². The molecule has 0 amide bonds. The van der Waals surface area contributed by atoms with Gasteiger partial charge in [0.1, 0.15) is 6.15 Å². The quantitative estimate of drug-likeness (QED) is 0.230. The molecule has 124 valence electrons. The average Bonchev–Trinajstić information content (AvgIpc) is 2.51. The van der Waals surface area contributed by atoms with Crippen LogP contribution in [0, 0.1) is 11.2 Å². The van der Waals surface area contributed by atoms with Gasteiger partial charge in [0, 0.05) is 0 Å². The fraction of sp³-hybridized carbons (Fsp3) is 0.947. The topological polar surface area (TPSA) is 23.8 Å². The Kier molecular flexibility index (Phi) is 14.2. The highest BCUT2D eigenvalue weighted by molar-refractivity contribution is 6.86. The Bertz CT molecular complexity index is 225. The monoisotopic (exact) mass is 292 g/mol. The van der Waals surface area contributed by atoms with E-state index in [1.165, 1.54) is 96.0 Å². The molecule has 21 heavy (non-hydrogen) atoms. The second-order valence-corrected chi connectivity index (χ2v) is 7.16. The third kappa shape index (κ3) is 10.9. The second kappa shape index (κ2) is 14.5. The average molecular weight is 292 g/mol. The molecule has 0 aromatic heterocycles. The van der Waals surface area contributed by atoms with Gasteiger partial charge in [-0.15, -0.1) is 0 Å². The Morgan fingerprint density at radius 1 is 0.571 bits per heavy atom. The molecule has 0 spiro atoms. The zero-order chi connectivity index (χ0) is 15.8. The van der Waals surface area contributed by atoms with Crippen LogP contribution < -0.4 is 0 Å². The van der Waals surface area contributed by atoms with Gasteiger partial charge in [0.25, 0.3) is 0 Å². The smallest absolute Gasteiger partial charge is 0.105 e. The fourth-order valence-corrected chi connectivity index (χ4v) is 3.51. The molecule has 0 N–H and O–H groups in total. The van der Waals surface area contributed by atoms with E-state index in [0.29, 0.717) is 0 Å². The molecule has 2 heteroatoms. The minimum absolute atomic E-state index is 0.729. The number of nitriles is 1. The highest BCUT2D eigenvalue weighted by Gasteiger charge is 2.23. The molecule has 0 radical (unpaired) electrons. The van der Waals surface area contributed by atoms with E-state index in [-0.39, 0.29) is 0 Å². The largest absolute Gasteiger partial charge is 0.250 e. The third-order valence-electron chi connectivity index (χ3n) is 5.10. The lowest BCUT2D eigenvalue weighted by Gasteiger charge is -2.32. The van der Waals surface area contributed by atoms with Crippen molar-refractivity contribution in [2.45, 2.75) is 117 Å². The van der Waals surface area contributed by atoms with Crippen molar-refractivity contribution in [3.8, 4) is 5.97 Å². The van der Waals surface area contributed by atoms with E-state index in [0.717, 1.165) is 0 Å². The van der Waals surface area contributed by atoms with Gasteiger partial charge in [-0.2, -0.15) is 24.9 Å². The van der Waals surface area contributed by atoms with Crippen molar-refractivity contribution in [1.82, 2.24) is 0 Å². The molecule has 1 nitrogen and oxygen atoms in total. The van der Waals surface area contributed by atoms with Crippen molar-refractivity contribution >= 4 is 6.15 Å². The van der Waals surface area contributed by atoms with E-state index in [1.807, 2.05) is 0 Å². The van der Waals surface area contributed by atoms with Crippen molar-refractivity contribution in [2.24, 2.45) is 0 Å². The van der Waals surface area contributed by atoms with Gasteiger partial charge >= 0.3 is 0 Å². The van der Waals surface area contributed by atoms with Crippen LogP contribution in [0.25, 0.3) is 0 Å². The maximum Gasteiger partial charge on any atom is 0.105 e. The lowest BCUT2D eigenvalue weighted by atomic mass is 9.20. The Morgan fingerprint density at radius 3 is 1.14 bits per heavy atom. The molecule has 0 aromatic rings. The first kappa shape index (κ1) is 20.6. The van der Waals surface area contributed by atoms with Crippen LogP contribution in [0.4, 0.5) is 0 Å². The first-order chi connectivity index (χ1) is 10.2. The van der Waals surface area contributed by atoms with E-state index in [4.69, 9.17) is 0 Å². The van der Waals surface area contributed by atoms with Crippen molar-refractivity contribution in [2.75, 3.05) is 0 Å². The van der Waals surface area contributed by atoms with Crippen LogP contribution in [0.3, 0.4) is 0 Å². The molecule has 0 aliphatic carbocycles. The van der Waals surface area contributed by atoms with Crippen molar-refractivity contribution in [3.05, 3.63) is 0 Å². The molecule has 0 heterocycles. The standard InChI is InChI=1S/C19H39BN/c1-4-7-10-13-16-20(19-21,17-14-11-8-5-2)18-15-12-9-6-3/h4-18H2,1-3H3/q-1. The van der Waals surface area contributed by atoms with Crippen molar-refractivity contribution in [1.29, 1.82) is 5.26 Å². The number of unbranched alkanes of at least 4 members (excludes halogenated alkanes) is 9. The molecule has 0 bridgehead atoms. The normalized spacial score (nSPS) is 11.5. The van der Waals surface area contributed by atoms with Crippen LogP contribution >= 0.6 is 0 Å². The van der Waals surface area contributed by atoms with Gasteiger partial charge in [-0.25, -0.2) is 5.26 Å². The summed E-state index contributed by atoms with van der Waals surface area (Å²) in [6.07, 6.45) is 18.6. The van der Waals surface area contributed by atoms with Gasteiger partial charge in [0.15, 0.2) is 0 Å². The number of nitrogens with zero attached hydrogens (tertiary/aromatic N) is 1. The van der Waals surface area contributed by atoms with Gasteiger partial charge in [-0.1, -0.05) is 97.8 Å². The minimum atomic E-state index is -0.729. The summed E-state index contributed by atoms with van der Waals surface area (Å²) in [5.74, 6) is 2.81. The van der Waals surface area contributed by atoms with Crippen LogP contribution in [0.15, 0.2) is 0 Å². The minimum Gasteiger partial charge on any atom is -0.250 e. The molecule has 0 saturated heterocycles. The predicted molar refractivity (Wildman–Crippen MR) is 98.2 cm³/mol. The maximum absolute atomic E-state index is 9.82. The van der Waals surface area contributed by atoms with Crippen LogP contribution in [0.5, 0.6) is 0 Å². The summed E-state index contributed by atoms with van der Waals surface area (Å²) in [6, 6.07) is 0. The Labute approximate surface area is 134 Å². The lowest BCUT2D eigenvalue weighted by Crippen LogP contribution is -2.32. The maximum atomic E-state index is 9.82. The van der Waals surface area contributed by atoms with Crippen LogP contribution in [-0.4, -0.2) is 6.15 Å². The molecule has 0 fully saturated rings. The highest BCUT2D eigenvalue weighted by Crippen LogP contribution is 2.29. The zero-order valence-corrected chi connectivity index (χ0v) is 15.1. The van der Waals surface area contributed by atoms with Crippen LogP contribution in [-0.2, 0) is 0 Å². The van der Waals surface area contributed by atoms with E-state index in [9.17, 15) is 5.26 Å². The fourth-order valence-electron chi connectivity index (χ4n) is 3.51. The van der Waals surface area contributed by atoms with Crippen molar-refractivity contribution < 1.29 is 0 Å². The summed E-state index contributed by atoms with van der Waals surface area (Å²) in [7, 11) is 0. The molecule has 0 rings (SSSR count). The predicted octanol–water partition coefficient (Wildman–Crippen LogP) is 7.24. The summed E-state index contributed by atoms with van der Waals surface area (Å²) in [5, 5.41) is 9.82. The molecular weight excluding hydrogens is 253 g/mol. The van der Waals surface area contributed by atoms with Crippen LogP contribution in [0.2, 0.25) is 19.0 Å². The first-order valence-corrected chi connectivity index (χ1v) is 9.86. The van der Waals surface area contributed by atoms with Gasteiger partial charge < -0.3 is 0 Å². The summed E-state index contributed by atoms with van der Waals surface area (Å²) in [5.41, 5.74) is 0. The Balaban J connectivity index is 4.27. The molecule has 0 aliphatic heterocycles. The molecular formula is C19H39BN-. The van der Waals surface area contributed by atoms with Crippen molar-refractivity contribution in [3.63, 3.8) is 0 Å². The Hall–Kier alpha value is -0.445. The number of hydrogen-bond donors (Lipinski definition) is 0.